The summed E-state index contributed by atoms with van der Waals surface area (Å²) in [5.41, 5.74) is 5.56. The SMILES string of the molecule is C=C/C=C(/NC(=O)COc1cc(C)c(Cc2ccc(O)c(C(C)C)c2)c(C)c1)C(=C)O. The summed E-state index contributed by atoms with van der Waals surface area (Å²) in [6.07, 6.45) is 3.64. The average Bonchev–Trinajstić information content (AvgIpc) is 2.69. The monoisotopic (exact) mass is 421 g/mol. The molecule has 0 heterocycles. The van der Waals surface area contributed by atoms with Gasteiger partial charge in [0, 0.05) is 0 Å². The van der Waals surface area contributed by atoms with Gasteiger partial charge in [-0.1, -0.05) is 45.2 Å². The molecular formula is C26H31NO4. The van der Waals surface area contributed by atoms with Crippen molar-refractivity contribution in [2.75, 3.05) is 6.61 Å². The maximum absolute atomic E-state index is 12.1. The lowest BCUT2D eigenvalue weighted by Crippen LogP contribution is -2.29. The van der Waals surface area contributed by atoms with Gasteiger partial charge in [0.2, 0.25) is 0 Å². The molecule has 5 nitrogen and oxygen atoms in total. The number of amides is 1. The van der Waals surface area contributed by atoms with E-state index in [1.54, 1.807) is 6.07 Å². The number of nitrogens with one attached hydrogen (secondary N) is 1. The summed E-state index contributed by atoms with van der Waals surface area (Å²) < 4.78 is 5.65. The molecule has 0 fully saturated rings. The fourth-order valence-electron chi connectivity index (χ4n) is 3.36. The number of carbonyl (C=O) groups is 1. The molecule has 0 aliphatic heterocycles. The molecule has 0 spiro atoms. The first-order chi connectivity index (χ1) is 14.6. The largest absolute Gasteiger partial charge is 0.508 e. The number of carbonyl (C=O) groups excluding carboxylic acids is 1. The lowest BCUT2D eigenvalue weighted by molar-refractivity contribution is -0.122. The highest BCUT2D eigenvalue weighted by Gasteiger charge is 2.12. The van der Waals surface area contributed by atoms with E-state index in [4.69, 9.17) is 4.74 Å². The third-order valence-electron chi connectivity index (χ3n) is 5.00. The molecule has 3 N–H and O–H groups in total. The summed E-state index contributed by atoms with van der Waals surface area (Å²) in [6.45, 7) is 14.9. The third-order valence-corrected chi connectivity index (χ3v) is 5.00. The molecule has 31 heavy (non-hydrogen) atoms. The molecule has 0 radical (unpaired) electrons. The van der Waals surface area contributed by atoms with Crippen molar-refractivity contribution in [1.82, 2.24) is 5.32 Å². The van der Waals surface area contributed by atoms with Crippen LogP contribution < -0.4 is 10.1 Å². The maximum atomic E-state index is 12.1. The van der Waals surface area contributed by atoms with E-state index >= 15 is 0 Å². The van der Waals surface area contributed by atoms with Crippen LogP contribution in [0.5, 0.6) is 11.5 Å². The van der Waals surface area contributed by atoms with Crippen molar-refractivity contribution < 1.29 is 19.7 Å². The van der Waals surface area contributed by atoms with E-state index in [1.165, 1.54) is 17.7 Å². The van der Waals surface area contributed by atoms with Crippen molar-refractivity contribution in [2.24, 2.45) is 0 Å². The normalized spacial score (nSPS) is 11.3. The van der Waals surface area contributed by atoms with Gasteiger partial charge in [-0.15, -0.1) is 0 Å². The molecule has 0 aliphatic carbocycles. The second-order valence-electron chi connectivity index (χ2n) is 7.86. The van der Waals surface area contributed by atoms with Crippen molar-refractivity contribution in [1.29, 1.82) is 0 Å². The van der Waals surface area contributed by atoms with Gasteiger partial charge in [0.05, 0.1) is 5.70 Å². The molecule has 0 unspecified atom stereocenters. The van der Waals surface area contributed by atoms with Crippen molar-refractivity contribution in [2.45, 2.75) is 40.0 Å². The van der Waals surface area contributed by atoms with Crippen LogP contribution in [0.3, 0.4) is 0 Å². The molecule has 0 saturated heterocycles. The van der Waals surface area contributed by atoms with Gasteiger partial charge in [-0.2, -0.15) is 0 Å². The first kappa shape index (κ1) is 23.8. The zero-order chi connectivity index (χ0) is 23.1. The molecule has 2 aromatic rings. The number of hydrogen-bond acceptors (Lipinski definition) is 4. The lowest BCUT2D eigenvalue weighted by atomic mass is 9.93. The number of aliphatic hydroxyl groups is 1. The van der Waals surface area contributed by atoms with E-state index in [0.29, 0.717) is 11.5 Å². The summed E-state index contributed by atoms with van der Waals surface area (Å²) in [6, 6.07) is 9.56. The highest BCUT2D eigenvalue weighted by molar-refractivity contribution is 5.80. The number of aliphatic hydroxyl groups excluding tert-OH is 1. The second kappa shape index (κ2) is 10.5. The van der Waals surface area contributed by atoms with E-state index in [1.807, 2.05) is 32.0 Å². The van der Waals surface area contributed by atoms with Crippen molar-refractivity contribution >= 4 is 5.91 Å². The topological polar surface area (TPSA) is 78.8 Å². The first-order valence-corrected chi connectivity index (χ1v) is 10.2. The minimum absolute atomic E-state index is 0.181. The van der Waals surface area contributed by atoms with Gasteiger partial charge in [0.15, 0.2) is 6.61 Å². The van der Waals surface area contributed by atoms with Crippen LogP contribution >= 0.6 is 0 Å². The highest BCUT2D eigenvalue weighted by Crippen LogP contribution is 2.29. The highest BCUT2D eigenvalue weighted by atomic mass is 16.5. The van der Waals surface area contributed by atoms with Crippen LogP contribution in [0.25, 0.3) is 0 Å². The number of aromatic hydroxyl groups is 1. The standard InChI is InChI=1S/C26H31NO4/c1-7-8-24(19(6)28)27-26(30)15-31-21-11-17(4)23(18(5)12-21)14-20-9-10-25(29)22(13-20)16(2)3/h7-13,16,28-29H,1,6,14-15H2,2-5H3,(H,27,30)/b24-8+. The van der Waals surface area contributed by atoms with Crippen molar-refractivity contribution in [3.05, 3.63) is 94.9 Å². The Morgan fingerprint density at radius 1 is 1.19 bits per heavy atom. The predicted molar refractivity (Wildman–Crippen MR) is 125 cm³/mol. The number of benzene rings is 2. The summed E-state index contributed by atoms with van der Waals surface area (Å²) >= 11 is 0. The molecule has 0 aromatic heterocycles. The number of phenols is 1. The third kappa shape index (κ3) is 6.51. The van der Waals surface area contributed by atoms with Crippen LogP contribution in [0.15, 0.2) is 67.1 Å². The Labute approximate surface area is 184 Å². The number of hydrogen-bond donors (Lipinski definition) is 3. The molecule has 0 saturated carbocycles. The lowest BCUT2D eigenvalue weighted by Gasteiger charge is -2.15. The first-order valence-electron chi connectivity index (χ1n) is 10.2. The number of aryl methyl sites for hydroxylation is 2. The second-order valence-corrected chi connectivity index (χ2v) is 7.86. The van der Waals surface area contributed by atoms with Crippen molar-refractivity contribution in [3.8, 4) is 11.5 Å². The van der Waals surface area contributed by atoms with Crippen LogP contribution in [0.2, 0.25) is 0 Å². The molecular weight excluding hydrogens is 390 g/mol. The van der Waals surface area contributed by atoms with E-state index in [0.717, 1.165) is 28.7 Å². The molecule has 5 heteroatoms. The number of allylic oxidation sites excluding steroid dienone is 2. The Morgan fingerprint density at radius 2 is 1.84 bits per heavy atom. The Kier molecular flexibility index (Phi) is 8.08. The molecule has 0 bridgehead atoms. The smallest absolute Gasteiger partial charge is 0.262 e. The van der Waals surface area contributed by atoms with Crippen LogP contribution in [0, 0.1) is 13.8 Å². The van der Waals surface area contributed by atoms with E-state index < -0.39 is 5.91 Å². The summed E-state index contributed by atoms with van der Waals surface area (Å²) in [4.78, 5) is 12.1. The number of rotatable bonds is 9. The average molecular weight is 422 g/mol. The molecule has 164 valence electrons. The molecule has 0 atom stereocenters. The Morgan fingerprint density at radius 3 is 2.39 bits per heavy atom. The van der Waals surface area contributed by atoms with Gasteiger partial charge in [0.25, 0.3) is 5.91 Å². The molecule has 1 amide bonds. The Bertz CT molecular complexity index is 995. The molecule has 2 rings (SSSR count). The summed E-state index contributed by atoms with van der Waals surface area (Å²) in [7, 11) is 0. The van der Waals surface area contributed by atoms with Crippen LogP contribution in [-0.2, 0) is 11.2 Å². The quantitative estimate of drug-likeness (QED) is 0.376. The van der Waals surface area contributed by atoms with E-state index in [2.05, 4.69) is 38.4 Å². The fourth-order valence-corrected chi connectivity index (χ4v) is 3.36. The number of phenolic OH excluding ortho intramolecular Hbond substituents is 1. The fraction of sp³-hybridized carbons (Fsp3) is 0.269. The Hall–Kier alpha value is -3.47. The summed E-state index contributed by atoms with van der Waals surface area (Å²) in [5, 5.41) is 22.1. The van der Waals surface area contributed by atoms with Crippen LogP contribution in [-0.4, -0.2) is 22.7 Å². The minimum Gasteiger partial charge on any atom is -0.508 e. The minimum atomic E-state index is -0.409. The van der Waals surface area contributed by atoms with Gasteiger partial charge in [-0.05, 0) is 78.3 Å². The van der Waals surface area contributed by atoms with E-state index in [-0.39, 0.29) is 24.0 Å². The Balaban J connectivity index is 2.11. The maximum Gasteiger partial charge on any atom is 0.262 e. The van der Waals surface area contributed by atoms with E-state index in [9.17, 15) is 15.0 Å². The van der Waals surface area contributed by atoms with Gasteiger partial charge >= 0.3 is 0 Å². The predicted octanol–water partition coefficient (Wildman–Crippen LogP) is 5.36. The number of ether oxygens (including phenoxy) is 1. The van der Waals surface area contributed by atoms with Crippen LogP contribution in [0.1, 0.15) is 47.6 Å². The van der Waals surface area contributed by atoms with Gasteiger partial charge in [-0.25, -0.2) is 0 Å². The van der Waals surface area contributed by atoms with Gasteiger partial charge in [0.1, 0.15) is 17.3 Å². The zero-order valence-electron chi connectivity index (χ0n) is 18.7. The van der Waals surface area contributed by atoms with Gasteiger partial charge in [-0.3, -0.25) is 4.79 Å². The van der Waals surface area contributed by atoms with Crippen molar-refractivity contribution in [3.63, 3.8) is 0 Å². The summed E-state index contributed by atoms with van der Waals surface area (Å²) in [5.74, 6) is 0.505. The molecule has 0 aliphatic rings. The van der Waals surface area contributed by atoms with Crippen LogP contribution in [0.4, 0.5) is 0 Å². The zero-order valence-corrected chi connectivity index (χ0v) is 18.7. The molecule has 2 aromatic carbocycles. The van der Waals surface area contributed by atoms with Gasteiger partial charge < -0.3 is 20.3 Å².